The zero-order valence-corrected chi connectivity index (χ0v) is 12.1. The molecular formula is C12H19N3O3S. The minimum absolute atomic E-state index is 0.162. The van der Waals surface area contributed by atoms with Crippen LogP contribution in [0.2, 0.25) is 0 Å². The van der Waals surface area contributed by atoms with Crippen molar-refractivity contribution >= 4 is 23.3 Å². The number of carboxylic acid groups (broad SMARTS) is 1. The number of carboxylic acids is 1. The molecule has 0 bridgehead atoms. The standard InChI is InChI=1S/C12H19N3O3S/c1-7(2)10(11(16)17)15-12(18)13-5-4-9-14-8(3)6-19-9/h6-7,10H,4-5H2,1-3H3,(H,16,17)(H2,13,15,18). The van der Waals surface area contributed by atoms with Gasteiger partial charge in [-0.3, -0.25) is 0 Å². The molecule has 0 aromatic carbocycles. The molecule has 0 aliphatic rings. The van der Waals surface area contributed by atoms with Gasteiger partial charge in [-0.05, 0) is 12.8 Å². The molecule has 1 aromatic rings. The van der Waals surface area contributed by atoms with Crippen molar-refractivity contribution in [3.8, 4) is 0 Å². The summed E-state index contributed by atoms with van der Waals surface area (Å²) in [5.41, 5.74) is 0.968. The second kappa shape index (κ2) is 7.08. The quantitative estimate of drug-likeness (QED) is 0.737. The van der Waals surface area contributed by atoms with Crippen LogP contribution in [-0.4, -0.2) is 34.7 Å². The van der Waals surface area contributed by atoms with Gasteiger partial charge in [-0.25, -0.2) is 14.6 Å². The summed E-state index contributed by atoms with van der Waals surface area (Å²) in [6.45, 7) is 5.85. The third-order valence-corrected chi connectivity index (χ3v) is 3.54. The van der Waals surface area contributed by atoms with Crippen molar-refractivity contribution in [2.75, 3.05) is 6.54 Å². The van der Waals surface area contributed by atoms with Crippen LogP contribution in [-0.2, 0) is 11.2 Å². The first-order valence-electron chi connectivity index (χ1n) is 6.08. The van der Waals surface area contributed by atoms with Gasteiger partial charge in [0, 0.05) is 24.0 Å². The molecule has 0 fully saturated rings. The van der Waals surface area contributed by atoms with Crippen molar-refractivity contribution in [2.45, 2.75) is 33.2 Å². The van der Waals surface area contributed by atoms with E-state index in [2.05, 4.69) is 15.6 Å². The Kier molecular flexibility index (Phi) is 5.75. The molecule has 1 heterocycles. The molecule has 0 saturated carbocycles. The van der Waals surface area contributed by atoms with Crippen LogP contribution >= 0.6 is 11.3 Å². The first-order chi connectivity index (χ1) is 8.90. The molecule has 3 N–H and O–H groups in total. The minimum Gasteiger partial charge on any atom is -0.480 e. The molecule has 0 spiro atoms. The van der Waals surface area contributed by atoms with Crippen LogP contribution < -0.4 is 10.6 Å². The van der Waals surface area contributed by atoms with E-state index in [0.717, 1.165) is 10.7 Å². The Bertz CT molecular complexity index is 445. The van der Waals surface area contributed by atoms with E-state index in [0.29, 0.717) is 13.0 Å². The summed E-state index contributed by atoms with van der Waals surface area (Å²) in [6, 6.07) is -1.34. The maximum Gasteiger partial charge on any atom is 0.326 e. The Morgan fingerprint density at radius 1 is 1.47 bits per heavy atom. The average molecular weight is 285 g/mol. The van der Waals surface area contributed by atoms with Crippen molar-refractivity contribution < 1.29 is 14.7 Å². The fraction of sp³-hybridized carbons (Fsp3) is 0.583. The summed E-state index contributed by atoms with van der Waals surface area (Å²) in [6.07, 6.45) is 0.644. The number of carbonyl (C=O) groups excluding carboxylic acids is 1. The Morgan fingerprint density at radius 2 is 2.16 bits per heavy atom. The number of amides is 2. The number of thiazole rings is 1. The van der Waals surface area contributed by atoms with Crippen molar-refractivity contribution in [3.05, 3.63) is 16.1 Å². The van der Waals surface area contributed by atoms with Crippen molar-refractivity contribution in [1.29, 1.82) is 0 Å². The minimum atomic E-state index is -1.03. The van der Waals surface area contributed by atoms with E-state index < -0.39 is 18.0 Å². The second-order valence-electron chi connectivity index (χ2n) is 4.59. The lowest BCUT2D eigenvalue weighted by Gasteiger charge is -2.18. The number of aryl methyl sites for hydroxylation is 1. The van der Waals surface area contributed by atoms with Crippen molar-refractivity contribution in [2.24, 2.45) is 5.92 Å². The molecule has 19 heavy (non-hydrogen) atoms. The number of nitrogens with one attached hydrogen (secondary N) is 2. The van der Waals surface area contributed by atoms with Gasteiger partial charge >= 0.3 is 12.0 Å². The number of urea groups is 1. The molecule has 1 unspecified atom stereocenters. The highest BCUT2D eigenvalue weighted by Gasteiger charge is 2.23. The molecule has 6 nitrogen and oxygen atoms in total. The first kappa shape index (κ1) is 15.4. The topological polar surface area (TPSA) is 91.3 Å². The zero-order valence-electron chi connectivity index (χ0n) is 11.3. The monoisotopic (exact) mass is 285 g/mol. The van der Waals surface area contributed by atoms with Crippen molar-refractivity contribution in [3.63, 3.8) is 0 Å². The summed E-state index contributed by atoms with van der Waals surface area (Å²) in [5, 5.41) is 16.9. The summed E-state index contributed by atoms with van der Waals surface area (Å²) >= 11 is 1.55. The fourth-order valence-corrected chi connectivity index (χ4v) is 2.28. The van der Waals surface area contributed by atoms with Gasteiger partial charge in [0.1, 0.15) is 6.04 Å². The predicted octanol–water partition coefficient (Wildman–Crippen LogP) is 1.40. The van der Waals surface area contributed by atoms with Crippen LogP contribution in [0, 0.1) is 12.8 Å². The molecule has 0 aliphatic heterocycles. The number of aliphatic carboxylic acids is 1. The highest BCUT2D eigenvalue weighted by Crippen LogP contribution is 2.08. The van der Waals surface area contributed by atoms with Crippen LogP contribution in [0.5, 0.6) is 0 Å². The van der Waals surface area contributed by atoms with Crippen LogP contribution in [0.15, 0.2) is 5.38 Å². The van der Waals surface area contributed by atoms with E-state index in [1.54, 1.807) is 25.2 Å². The lowest BCUT2D eigenvalue weighted by molar-refractivity contribution is -0.140. The number of carbonyl (C=O) groups is 2. The normalized spacial score (nSPS) is 12.2. The van der Waals surface area contributed by atoms with Gasteiger partial charge in [-0.1, -0.05) is 13.8 Å². The maximum absolute atomic E-state index is 11.6. The van der Waals surface area contributed by atoms with Gasteiger partial charge in [-0.2, -0.15) is 0 Å². The van der Waals surface area contributed by atoms with E-state index >= 15 is 0 Å². The highest BCUT2D eigenvalue weighted by atomic mass is 32.1. The third-order valence-electron chi connectivity index (χ3n) is 2.51. The van der Waals surface area contributed by atoms with Crippen LogP contribution in [0.25, 0.3) is 0 Å². The van der Waals surface area contributed by atoms with E-state index in [9.17, 15) is 9.59 Å². The Hall–Kier alpha value is -1.63. The summed E-state index contributed by atoms with van der Waals surface area (Å²) in [7, 11) is 0. The van der Waals surface area contributed by atoms with Crippen molar-refractivity contribution in [1.82, 2.24) is 15.6 Å². The van der Waals surface area contributed by atoms with Gasteiger partial charge in [-0.15, -0.1) is 11.3 Å². The molecule has 106 valence electrons. The fourth-order valence-electron chi connectivity index (χ4n) is 1.51. The predicted molar refractivity (Wildman–Crippen MR) is 73.4 cm³/mol. The molecule has 0 saturated heterocycles. The molecule has 0 radical (unpaired) electrons. The summed E-state index contributed by atoms with van der Waals surface area (Å²) < 4.78 is 0. The zero-order chi connectivity index (χ0) is 14.4. The molecule has 1 atom stereocenters. The van der Waals surface area contributed by atoms with Gasteiger partial charge in [0.15, 0.2) is 0 Å². The van der Waals surface area contributed by atoms with E-state index in [-0.39, 0.29) is 5.92 Å². The molecule has 1 rings (SSSR count). The maximum atomic E-state index is 11.6. The molecule has 7 heteroatoms. The van der Waals surface area contributed by atoms with Crippen LogP contribution in [0.3, 0.4) is 0 Å². The molecule has 0 aliphatic carbocycles. The number of rotatable bonds is 6. The third kappa shape index (κ3) is 5.25. The van der Waals surface area contributed by atoms with Crippen LogP contribution in [0.1, 0.15) is 24.5 Å². The first-order valence-corrected chi connectivity index (χ1v) is 6.96. The van der Waals surface area contributed by atoms with Gasteiger partial charge in [0.2, 0.25) is 0 Å². The largest absolute Gasteiger partial charge is 0.480 e. The Balaban J connectivity index is 2.33. The molecule has 2 amide bonds. The van der Waals surface area contributed by atoms with E-state index in [4.69, 9.17) is 5.11 Å². The highest BCUT2D eigenvalue weighted by molar-refractivity contribution is 7.09. The Morgan fingerprint density at radius 3 is 2.63 bits per heavy atom. The number of hydrogen-bond donors (Lipinski definition) is 3. The molecular weight excluding hydrogens is 266 g/mol. The number of aromatic nitrogens is 1. The summed E-state index contributed by atoms with van der Waals surface area (Å²) in [4.78, 5) is 26.8. The lowest BCUT2D eigenvalue weighted by Crippen LogP contribution is -2.48. The van der Waals surface area contributed by atoms with Gasteiger partial charge < -0.3 is 15.7 Å². The smallest absolute Gasteiger partial charge is 0.326 e. The SMILES string of the molecule is Cc1csc(CCNC(=O)NC(C(=O)O)C(C)C)n1. The number of nitrogens with zero attached hydrogens (tertiary/aromatic N) is 1. The van der Waals surface area contributed by atoms with E-state index in [1.807, 2.05) is 12.3 Å². The van der Waals surface area contributed by atoms with Gasteiger partial charge in [0.05, 0.1) is 5.01 Å². The summed E-state index contributed by atoms with van der Waals surface area (Å²) in [5.74, 6) is -1.19. The van der Waals surface area contributed by atoms with Gasteiger partial charge in [0.25, 0.3) is 0 Å². The van der Waals surface area contributed by atoms with E-state index in [1.165, 1.54) is 0 Å². The average Bonchev–Trinajstić information content (AvgIpc) is 2.71. The number of hydrogen-bond acceptors (Lipinski definition) is 4. The second-order valence-corrected chi connectivity index (χ2v) is 5.54. The van der Waals surface area contributed by atoms with Crippen LogP contribution in [0.4, 0.5) is 4.79 Å². The molecule has 1 aromatic heterocycles. The Labute approximate surface area is 116 Å². The lowest BCUT2D eigenvalue weighted by atomic mass is 10.1.